The van der Waals surface area contributed by atoms with Crippen LogP contribution in [0.3, 0.4) is 0 Å². The van der Waals surface area contributed by atoms with Crippen molar-refractivity contribution in [3.05, 3.63) is 53.1 Å². The van der Waals surface area contributed by atoms with Crippen molar-refractivity contribution in [1.29, 1.82) is 0 Å². The van der Waals surface area contributed by atoms with Crippen molar-refractivity contribution in [2.24, 2.45) is 0 Å². The molecule has 2 fully saturated rings. The van der Waals surface area contributed by atoms with Gasteiger partial charge in [0.05, 0.1) is 11.1 Å². The monoisotopic (exact) mass is 454 g/mol. The van der Waals surface area contributed by atoms with Gasteiger partial charge in [-0.3, -0.25) is 9.69 Å². The summed E-state index contributed by atoms with van der Waals surface area (Å²) >= 11 is 6.02. The fraction of sp³-hybridized carbons (Fsp3) is 0.409. The van der Waals surface area contributed by atoms with Crippen molar-refractivity contribution in [3.8, 4) is 11.5 Å². The second-order valence-electron chi connectivity index (χ2n) is 7.79. The second kappa shape index (κ2) is 8.96. The van der Waals surface area contributed by atoms with Gasteiger partial charge in [0.15, 0.2) is 0 Å². The molecule has 0 spiro atoms. The Morgan fingerprint density at radius 3 is 2.48 bits per heavy atom. The zero-order valence-electron chi connectivity index (χ0n) is 16.6. The minimum atomic E-state index is -2.99. The number of nitrogens with zero attached hydrogens (tertiary/aromatic N) is 2. The summed E-state index contributed by atoms with van der Waals surface area (Å²) in [7, 11) is 0. The van der Waals surface area contributed by atoms with Crippen LogP contribution in [0.15, 0.2) is 42.5 Å². The largest absolute Gasteiger partial charge is 0.508 e. The number of benzene rings is 2. The van der Waals surface area contributed by atoms with Gasteiger partial charge in [0.25, 0.3) is 0 Å². The molecule has 2 heterocycles. The van der Waals surface area contributed by atoms with E-state index in [4.69, 9.17) is 11.6 Å². The molecule has 0 radical (unpaired) electrons. The summed E-state index contributed by atoms with van der Waals surface area (Å²) < 4.78 is 44.1. The molecule has 166 valence electrons. The van der Waals surface area contributed by atoms with Crippen molar-refractivity contribution in [3.63, 3.8) is 0 Å². The third-order valence-corrected chi connectivity index (χ3v) is 6.25. The quantitative estimate of drug-likeness (QED) is 0.718. The number of hydrogen-bond donors (Lipinski definition) is 1. The summed E-state index contributed by atoms with van der Waals surface area (Å²) in [5.74, 6) is -0.443. The molecule has 5 nitrogen and oxygen atoms in total. The highest BCUT2D eigenvalue weighted by Crippen LogP contribution is 2.36. The van der Waals surface area contributed by atoms with E-state index in [1.807, 2.05) is 4.90 Å². The van der Waals surface area contributed by atoms with Gasteiger partial charge in [-0.05, 0) is 55.3 Å². The normalized spacial score (nSPS) is 24.7. The van der Waals surface area contributed by atoms with E-state index in [1.165, 1.54) is 18.2 Å². The maximum atomic E-state index is 15.0. The highest BCUT2D eigenvalue weighted by atomic mass is 35.5. The Labute approximate surface area is 183 Å². The number of halogens is 4. The average Bonchev–Trinajstić information content (AvgIpc) is 3.11. The highest BCUT2D eigenvalue weighted by molar-refractivity contribution is 6.32. The summed E-state index contributed by atoms with van der Waals surface area (Å²) in [4.78, 5) is 16.4. The molecule has 2 aliphatic rings. The van der Waals surface area contributed by atoms with Crippen LogP contribution in [0.2, 0.25) is 5.02 Å². The van der Waals surface area contributed by atoms with Crippen LogP contribution in [0.25, 0.3) is 0 Å². The molecule has 3 atom stereocenters. The number of piperidine rings is 1. The van der Waals surface area contributed by atoms with Crippen LogP contribution in [0, 0.1) is 0 Å². The zero-order chi connectivity index (χ0) is 22.1. The zero-order valence-corrected chi connectivity index (χ0v) is 17.3. The Bertz CT molecular complexity index is 944. The van der Waals surface area contributed by atoms with Gasteiger partial charge in [0, 0.05) is 24.7 Å². The minimum Gasteiger partial charge on any atom is -0.508 e. The Balaban J connectivity index is 1.41. The average molecular weight is 455 g/mol. The van der Waals surface area contributed by atoms with Crippen LogP contribution >= 0.6 is 11.6 Å². The minimum absolute atomic E-state index is 0.00687. The Morgan fingerprint density at radius 1 is 1.10 bits per heavy atom. The molecule has 0 aliphatic carbocycles. The molecule has 4 rings (SSSR count). The maximum Gasteiger partial charge on any atom is 0.387 e. The Kier molecular flexibility index (Phi) is 6.29. The molecule has 9 heteroatoms. The van der Waals surface area contributed by atoms with Crippen LogP contribution in [0.1, 0.15) is 24.3 Å². The molecule has 0 saturated carbocycles. The van der Waals surface area contributed by atoms with Gasteiger partial charge in [-0.15, -0.1) is 0 Å². The maximum absolute atomic E-state index is 15.0. The smallest absolute Gasteiger partial charge is 0.387 e. The van der Waals surface area contributed by atoms with E-state index in [9.17, 15) is 23.1 Å². The number of carbonyl (C=O) groups is 1. The van der Waals surface area contributed by atoms with Gasteiger partial charge in [0.2, 0.25) is 5.91 Å². The van der Waals surface area contributed by atoms with Gasteiger partial charge in [-0.25, -0.2) is 4.39 Å². The molecule has 1 unspecified atom stereocenters. The molecule has 2 aromatic rings. The molecule has 31 heavy (non-hydrogen) atoms. The summed E-state index contributed by atoms with van der Waals surface area (Å²) in [6, 6.07) is 10.4. The first kappa shape index (κ1) is 21.8. The van der Waals surface area contributed by atoms with E-state index in [1.54, 1.807) is 29.2 Å². The predicted octanol–water partition coefficient (Wildman–Crippen LogP) is 4.58. The standard InChI is InChI=1S/C22H22ClF3N2O3/c23-17-11-14(3-6-20(17)31-22(25)26)28-10-8-19(21(28)30)27-9-7-16(18(24)12-27)13-1-4-15(29)5-2-13/h1-6,11,16,18-19,22,29H,7-10,12H2/t16-,18+,19?/m0/s1. The van der Waals surface area contributed by atoms with E-state index < -0.39 is 18.8 Å². The van der Waals surface area contributed by atoms with Crippen molar-refractivity contribution >= 4 is 23.2 Å². The number of rotatable bonds is 5. The molecule has 1 N–H and O–H groups in total. The number of amides is 1. The lowest BCUT2D eigenvalue weighted by Gasteiger charge is -2.37. The van der Waals surface area contributed by atoms with Crippen molar-refractivity contribution in [1.82, 2.24) is 4.90 Å². The lowest BCUT2D eigenvalue weighted by atomic mass is 9.87. The number of phenols is 1. The summed E-state index contributed by atoms with van der Waals surface area (Å²) in [6.07, 6.45) is -0.0100. The summed E-state index contributed by atoms with van der Waals surface area (Å²) in [6.45, 7) is -1.82. The molecule has 0 bridgehead atoms. The van der Waals surface area contributed by atoms with E-state index in [2.05, 4.69) is 4.74 Å². The first-order valence-corrected chi connectivity index (χ1v) is 10.4. The van der Waals surface area contributed by atoms with Crippen molar-refractivity contribution in [2.75, 3.05) is 24.5 Å². The first-order chi connectivity index (χ1) is 14.8. The van der Waals surface area contributed by atoms with Gasteiger partial charge in [-0.1, -0.05) is 23.7 Å². The Hall–Kier alpha value is -2.45. The van der Waals surface area contributed by atoms with Crippen LogP contribution in [-0.2, 0) is 4.79 Å². The molecule has 1 amide bonds. The number of hydrogen-bond acceptors (Lipinski definition) is 4. The van der Waals surface area contributed by atoms with Gasteiger partial charge >= 0.3 is 6.61 Å². The number of carbonyl (C=O) groups excluding carboxylic acids is 1. The topological polar surface area (TPSA) is 53.0 Å². The predicted molar refractivity (Wildman–Crippen MR) is 111 cm³/mol. The van der Waals surface area contributed by atoms with Gasteiger partial charge in [0.1, 0.15) is 17.7 Å². The van der Waals surface area contributed by atoms with Crippen LogP contribution < -0.4 is 9.64 Å². The molecular weight excluding hydrogens is 433 g/mol. The van der Waals surface area contributed by atoms with Crippen molar-refractivity contribution in [2.45, 2.75) is 37.6 Å². The third-order valence-electron chi connectivity index (χ3n) is 5.96. The SMILES string of the molecule is O=C1C(N2CC[C@@H](c3ccc(O)cc3)[C@H](F)C2)CCN1c1ccc(OC(F)F)c(Cl)c1. The number of phenolic OH excluding ortho intramolecular Hbond substituents is 1. The number of ether oxygens (including phenoxy) is 1. The number of alkyl halides is 3. The number of likely N-dealkylation sites (tertiary alicyclic amines) is 1. The third kappa shape index (κ3) is 4.60. The van der Waals surface area contributed by atoms with E-state index in [0.717, 1.165) is 5.56 Å². The van der Waals surface area contributed by atoms with E-state index in [0.29, 0.717) is 31.6 Å². The molecular formula is C22H22ClF3N2O3. The van der Waals surface area contributed by atoms with E-state index >= 15 is 0 Å². The molecule has 2 aliphatic heterocycles. The summed E-state index contributed by atoms with van der Waals surface area (Å²) in [5.41, 5.74) is 1.33. The van der Waals surface area contributed by atoms with E-state index in [-0.39, 0.29) is 34.9 Å². The van der Waals surface area contributed by atoms with Crippen molar-refractivity contribution < 1.29 is 27.8 Å². The highest BCUT2D eigenvalue weighted by Gasteiger charge is 2.41. The first-order valence-electron chi connectivity index (χ1n) is 10.1. The van der Waals surface area contributed by atoms with Crippen LogP contribution in [0.4, 0.5) is 18.9 Å². The van der Waals surface area contributed by atoms with Gasteiger partial charge < -0.3 is 14.7 Å². The molecule has 2 aromatic carbocycles. The summed E-state index contributed by atoms with van der Waals surface area (Å²) in [5, 5.41) is 9.43. The molecule has 0 aromatic heterocycles. The second-order valence-corrected chi connectivity index (χ2v) is 8.19. The van der Waals surface area contributed by atoms with Crippen LogP contribution in [0.5, 0.6) is 11.5 Å². The lowest BCUT2D eigenvalue weighted by molar-refractivity contribution is -0.122. The lowest BCUT2D eigenvalue weighted by Crippen LogP contribution is -2.49. The fourth-order valence-electron chi connectivity index (χ4n) is 4.42. The number of anilines is 1. The van der Waals surface area contributed by atoms with Gasteiger partial charge in [-0.2, -0.15) is 8.78 Å². The molecule has 2 saturated heterocycles. The fourth-order valence-corrected chi connectivity index (χ4v) is 4.64. The number of aromatic hydroxyl groups is 1. The Morgan fingerprint density at radius 2 is 1.84 bits per heavy atom. The van der Waals surface area contributed by atoms with Crippen LogP contribution in [-0.4, -0.2) is 54.4 Å².